The van der Waals surface area contributed by atoms with Crippen LogP contribution in [0, 0.1) is 12.8 Å². The van der Waals surface area contributed by atoms with E-state index in [0.29, 0.717) is 37.2 Å². The third-order valence-corrected chi connectivity index (χ3v) is 5.48. The molecule has 1 saturated heterocycles. The fourth-order valence-corrected chi connectivity index (χ4v) is 3.94. The van der Waals surface area contributed by atoms with E-state index in [1.165, 1.54) is 18.0 Å². The molecule has 0 aliphatic carbocycles. The van der Waals surface area contributed by atoms with Crippen LogP contribution >= 0.6 is 0 Å². The summed E-state index contributed by atoms with van der Waals surface area (Å²) in [5.41, 5.74) is 1.26. The van der Waals surface area contributed by atoms with E-state index in [-0.39, 0.29) is 36.4 Å². The monoisotopic (exact) mass is 439 g/mol. The van der Waals surface area contributed by atoms with Crippen molar-refractivity contribution in [2.24, 2.45) is 5.92 Å². The van der Waals surface area contributed by atoms with E-state index in [9.17, 15) is 22.8 Å². The first-order valence-electron chi connectivity index (χ1n) is 9.80. The van der Waals surface area contributed by atoms with Gasteiger partial charge in [0.25, 0.3) is 5.91 Å². The number of benzene rings is 1. The van der Waals surface area contributed by atoms with Crippen LogP contribution in [0.5, 0.6) is 0 Å². The van der Waals surface area contributed by atoms with Crippen molar-refractivity contribution in [3.63, 3.8) is 0 Å². The van der Waals surface area contributed by atoms with Crippen molar-refractivity contribution in [1.29, 1.82) is 0 Å². The molecule has 1 fully saturated rings. The Kier molecular flexibility index (Phi) is 7.83. The molecule has 9 nitrogen and oxygen atoms in total. The summed E-state index contributed by atoms with van der Waals surface area (Å²) < 4.78 is 30.5. The molecule has 30 heavy (non-hydrogen) atoms. The number of esters is 1. The van der Waals surface area contributed by atoms with Crippen LogP contribution in [0.4, 0.5) is 5.69 Å². The van der Waals surface area contributed by atoms with Gasteiger partial charge in [0, 0.05) is 25.7 Å². The summed E-state index contributed by atoms with van der Waals surface area (Å²) in [7, 11) is -1.98. The molecule has 1 N–H and O–H groups in total. The van der Waals surface area contributed by atoms with Crippen LogP contribution in [0.2, 0.25) is 0 Å². The van der Waals surface area contributed by atoms with E-state index in [1.54, 1.807) is 30.9 Å². The van der Waals surface area contributed by atoms with Crippen molar-refractivity contribution >= 4 is 33.5 Å². The summed E-state index contributed by atoms with van der Waals surface area (Å²) in [4.78, 5) is 40.3. The number of hydrogen-bond donors (Lipinski definition) is 1. The number of likely N-dealkylation sites (tertiary alicyclic amines) is 1. The fraction of sp³-hybridized carbons (Fsp3) is 0.550. The number of carbonyl (C=O) groups is 3. The second-order valence-corrected chi connectivity index (χ2v) is 9.24. The van der Waals surface area contributed by atoms with Crippen molar-refractivity contribution in [2.75, 3.05) is 44.3 Å². The third kappa shape index (κ3) is 6.45. The first-order chi connectivity index (χ1) is 14.0. The quantitative estimate of drug-likeness (QED) is 0.640. The van der Waals surface area contributed by atoms with Crippen molar-refractivity contribution in [3.8, 4) is 0 Å². The molecule has 0 spiro atoms. The SMILES string of the molecule is CCOC(=O)C1CCCN(C(=O)CN(C)C(=O)c2ccc(C)c(NS(C)(=O)=O)c2)C1. The molecule has 1 aliphatic heterocycles. The zero-order valence-electron chi connectivity index (χ0n) is 17.8. The van der Waals surface area contributed by atoms with E-state index in [2.05, 4.69) is 4.72 Å². The minimum atomic E-state index is -3.49. The van der Waals surface area contributed by atoms with E-state index >= 15 is 0 Å². The van der Waals surface area contributed by atoms with Gasteiger partial charge in [0.1, 0.15) is 0 Å². The Morgan fingerprint density at radius 3 is 2.63 bits per heavy atom. The van der Waals surface area contributed by atoms with Crippen molar-refractivity contribution < 1.29 is 27.5 Å². The number of hydrogen-bond acceptors (Lipinski definition) is 6. The Hall–Kier alpha value is -2.62. The van der Waals surface area contributed by atoms with Gasteiger partial charge in [-0.1, -0.05) is 6.07 Å². The molecule has 1 atom stereocenters. The highest BCUT2D eigenvalue weighted by Crippen LogP contribution is 2.20. The summed E-state index contributed by atoms with van der Waals surface area (Å²) in [6, 6.07) is 4.69. The molecule has 1 unspecified atom stereocenters. The minimum Gasteiger partial charge on any atom is -0.466 e. The molecular weight excluding hydrogens is 410 g/mol. The predicted octanol–water partition coefficient (Wildman–Crippen LogP) is 1.24. The van der Waals surface area contributed by atoms with Gasteiger partial charge in [-0.05, 0) is 44.4 Å². The second-order valence-electron chi connectivity index (χ2n) is 7.50. The second kappa shape index (κ2) is 9.92. The molecular formula is C20H29N3O6S. The Bertz CT molecular complexity index is 915. The fourth-order valence-electron chi connectivity index (χ4n) is 3.32. The molecule has 0 radical (unpaired) electrons. The van der Waals surface area contributed by atoms with E-state index in [0.717, 1.165) is 6.26 Å². The maximum Gasteiger partial charge on any atom is 0.310 e. The van der Waals surface area contributed by atoms with Crippen LogP contribution < -0.4 is 4.72 Å². The third-order valence-electron chi connectivity index (χ3n) is 4.89. The maximum atomic E-state index is 12.8. The van der Waals surface area contributed by atoms with Crippen LogP contribution in [-0.2, 0) is 24.3 Å². The van der Waals surface area contributed by atoms with Gasteiger partial charge < -0.3 is 14.5 Å². The van der Waals surface area contributed by atoms with Crippen molar-refractivity contribution in [3.05, 3.63) is 29.3 Å². The zero-order valence-corrected chi connectivity index (χ0v) is 18.6. The van der Waals surface area contributed by atoms with E-state index < -0.39 is 15.9 Å². The molecule has 10 heteroatoms. The summed E-state index contributed by atoms with van der Waals surface area (Å²) in [6.07, 6.45) is 2.41. The predicted molar refractivity (Wildman–Crippen MR) is 113 cm³/mol. The Morgan fingerprint density at radius 2 is 2.00 bits per heavy atom. The number of ether oxygens (including phenoxy) is 1. The molecule has 1 heterocycles. The largest absolute Gasteiger partial charge is 0.466 e. The Morgan fingerprint density at radius 1 is 1.30 bits per heavy atom. The topological polar surface area (TPSA) is 113 Å². The first-order valence-corrected chi connectivity index (χ1v) is 11.7. The zero-order chi connectivity index (χ0) is 22.5. The van der Waals surface area contributed by atoms with Gasteiger partial charge in [-0.25, -0.2) is 8.42 Å². The number of amides is 2. The van der Waals surface area contributed by atoms with Gasteiger partial charge in [-0.2, -0.15) is 0 Å². The van der Waals surface area contributed by atoms with Crippen LogP contribution in [-0.4, -0.2) is 75.5 Å². The molecule has 166 valence electrons. The lowest BCUT2D eigenvalue weighted by molar-refractivity contribution is -0.151. The summed E-state index contributed by atoms with van der Waals surface area (Å²) >= 11 is 0. The number of piperidine rings is 1. The number of carbonyl (C=O) groups excluding carboxylic acids is 3. The average molecular weight is 440 g/mol. The van der Waals surface area contributed by atoms with Gasteiger partial charge in [-0.15, -0.1) is 0 Å². The standard InChI is InChI=1S/C20H29N3O6S/c1-5-29-20(26)16-7-6-10-23(12-16)18(24)13-22(3)19(25)15-9-8-14(2)17(11-15)21-30(4,27)28/h8-9,11,16,21H,5-7,10,12-13H2,1-4H3. The highest BCUT2D eigenvalue weighted by Gasteiger charge is 2.30. The molecule has 0 bridgehead atoms. The minimum absolute atomic E-state index is 0.142. The van der Waals surface area contributed by atoms with Crippen LogP contribution in [0.25, 0.3) is 0 Å². The number of anilines is 1. The van der Waals surface area contributed by atoms with Crippen LogP contribution in [0.15, 0.2) is 18.2 Å². The number of likely N-dealkylation sites (N-methyl/N-ethyl adjacent to an activating group) is 1. The van der Waals surface area contributed by atoms with E-state index in [1.807, 2.05) is 0 Å². The molecule has 2 rings (SSSR count). The first kappa shape index (κ1) is 23.7. The maximum absolute atomic E-state index is 12.8. The number of aryl methyl sites for hydroxylation is 1. The molecule has 1 aliphatic rings. The smallest absolute Gasteiger partial charge is 0.310 e. The summed E-state index contributed by atoms with van der Waals surface area (Å²) in [5, 5.41) is 0. The lowest BCUT2D eigenvalue weighted by atomic mass is 9.98. The van der Waals surface area contributed by atoms with Gasteiger partial charge in [0.05, 0.1) is 31.0 Å². The molecule has 0 aromatic heterocycles. The van der Waals surface area contributed by atoms with Crippen LogP contribution in [0.3, 0.4) is 0 Å². The molecule has 2 amide bonds. The summed E-state index contributed by atoms with van der Waals surface area (Å²) in [5.74, 6) is -1.30. The van der Waals surface area contributed by atoms with Gasteiger partial charge in [-0.3, -0.25) is 19.1 Å². The number of sulfonamides is 1. The molecule has 1 aromatic carbocycles. The van der Waals surface area contributed by atoms with Crippen molar-refractivity contribution in [2.45, 2.75) is 26.7 Å². The highest BCUT2D eigenvalue weighted by molar-refractivity contribution is 7.92. The highest BCUT2D eigenvalue weighted by atomic mass is 32.2. The van der Waals surface area contributed by atoms with Crippen LogP contribution in [0.1, 0.15) is 35.7 Å². The normalized spacial score (nSPS) is 16.7. The lowest BCUT2D eigenvalue weighted by Gasteiger charge is -2.32. The average Bonchev–Trinajstić information content (AvgIpc) is 2.68. The van der Waals surface area contributed by atoms with E-state index in [4.69, 9.17) is 4.74 Å². The van der Waals surface area contributed by atoms with Gasteiger partial charge >= 0.3 is 5.97 Å². The summed E-state index contributed by atoms with van der Waals surface area (Å²) in [6.45, 7) is 4.44. The molecule has 0 saturated carbocycles. The number of rotatable bonds is 7. The van der Waals surface area contributed by atoms with Crippen molar-refractivity contribution in [1.82, 2.24) is 9.80 Å². The number of nitrogens with zero attached hydrogens (tertiary/aromatic N) is 2. The lowest BCUT2D eigenvalue weighted by Crippen LogP contribution is -2.47. The Balaban J connectivity index is 2.04. The molecule has 1 aromatic rings. The Labute approximate surface area is 177 Å². The van der Waals surface area contributed by atoms with Gasteiger partial charge in [0.2, 0.25) is 15.9 Å². The number of nitrogens with one attached hydrogen (secondary N) is 1. The van der Waals surface area contributed by atoms with Gasteiger partial charge in [0.15, 0.2) is 0 Å².